The Morgan fingerprint density at radius 3 is 2.42 bits per heavy atom. The number of halogens is 3. The molecule has 0 aliphatic heterocycles. The summed E-state index contributed by atoms with van der Waals surface area (Å²) in [4.78, 5) is 7.43. The van der Waals surface area contributed by atoms with Gasteiger partial charge in [0.15, 0.2) is 0 Å². The minimum Gasteiger partial charge on any atom is -0.338 e. The number of alkyl halides is 3. The lowest BCUT2D eigenvalue weighted by molar-refractivity contribution is -0.137. The minimum atomic E-state index is -4.39. The molecule has 0 unspecified atom stereocenters. The van der Waals surface area contributed by atoms with Crippen molar-refractivity contribution in [2.45, 2.75) is 26.9 Å². The third kappa shape index (κ3) is 2.69. The highest BCUT2D eigenvalue weighted by Crippen LogP contribution is 2.35. The van der Waals surface area contributed by atoms with Gasteiger partial charge in [-0.15, -0.1) is 0 Å². The van der Waals surface area contributed by atoms with Crippen molar-refractivity contribution in [3.8, 4) is 11.4 Å². The minimum absolute atomic E-state index is 0.284. The van der Waals surface area contributed by atoms with Gasteiger partial charge in [0.25, 0.3) is 0 Å². The van der Waals surface area contributed by atoms with E-state index in [-0.39, 0.29) is 5.52 Å². The molecule has 0 aliphatic rings. The lowest BCUT2D eigenvalue weighted by Gasteiger charge is -2.11. The number of aryl methyl sites for hydroxylation is 1. The van der Waals surface area contributed by atoms with Crippen LogP contribution in [-0.4, -0.2) is 9.97 Å². The van der Waals surface area contributed by atoms with E-state index >= 15 is 0 Å². The van der Waals surface area contributed by atoms with Crippen molar-refractivity contribution in [1.82, 2.24) is 9.97 Å². The van der Waals surface area contributed by atoms with Gasteiger partial charge >= 0.3 is 6.18 Å². The fourth-order valence-corrected chi connectivity index (χ4v) is 3.05. The molecule has 0 saturated heterocycles. The third-order valence-electron chi connectivity index (χ3n) is 4.21. The van der Waals surface area contributed by atoms with E-state index in [1.165, 1.54) is 6.07 Å². The van der Waals surface area contributed by atoms with Crippen molar-refractivity contribution < 1.29 is 13.2 Å². The number of hydrogen-bond donors (Lipinski definition) is 1. The number of nitrogens with one attached hydrogen (secondary N) is 1. The molecular weight excluding hydrogens is 335 g/mol. The van der Waals surface area contributed by atoms with E-state index in [9.17, 15) is 13.2 Å². The third-order valence-corrected chi connectivity index (χ3v) is 4.40. The Morgan fingerprint density at radius 1 is 1.08 bits per heavy atom. The van der Waals surface area contributed by atoms with Crippen LogP contribution < -0.4 is 0 Å². The first-order chi connectivity index (χ1) is 11.2. The van der Waals surface area contributed by atoms with Crippen LogP contribution in [0.5, 0.6) is 0 Å². The number of H-pyrrole nitrogens is 1. The number of hydrogen-bond acceptors (Lipinski definition) is 3. The normalized spacial score (nSPS) is 11.9. The Balaban J connectivity index is 2.19. The Labute approximate surface area is 142 Å². The first-order valence-corrected chi connectivity index (χ1v) is 7.60. The summed E-state index contributed by atoms with van der Waals surface area (Å²) in [5.74, 6) is 0.531. The topological polar surface area (TPSA) is 41.0 Å². The summed E-state index contributed by atoms with van der Waals surface area (Å²) in [7, 11) is 0. The monoisotopic (exact) mass is 349 g/mol. The molecule has 0 aliphatic carbocycles. The number of fused-ring (bicyclic) bond motifs is 1. The van der Waals surface area contributed by atoms with E-state index in [2.05, 4.69) is 14.3 Å². The van der Waals surface area contributed by atoms with Crippen LogP contribution in [0.1, 0.15) is 22.3 Å². The van der Waals surface area contributed by atoms with E-state index in [0.717, 1.165) is 40.1 Å². The number of benzene rings is 2. The zero-order valence-corrected chi connectivity index (χ0v) is 14.1. The van der Waals surface area contributed by atoms with E-state index in [1.54, 1.807) is 0 Å². The molecule has 3 nitrogen and oxygen atoms in total. The molecule has 0 bridgehead atoms. The lowest BCUT2D eigenvalue weighted by Crippen LogP contribution is -2.04. The van der Waals surface area contributed by atoms with Crippen LogP contribution in [-0.2, 0) is 18.6 Å². The quantitative estimate of drug-likeness (QED) is 0.660. The van der Waals surface area contributed by atoms with Gasteiger partial charge in [0.05, 0.1) is 22.3 Å². The van der Waals surface area contributed by atoms with Gasteiger partial charge in [-0.25, -0.2) is 4.98 Å². The summed E-state index contributed by atoms with van der Waals surface area (Å²) in [5, 5.41) is 0. The van der Waals surface area contributed by atoms with Gasteiger partial charge in [-0.2, -0.15) is 17.5 Å². The van der Waals surface area contributed by atoms with Gasteiger partial charge in [-0.3, -0.25) is 0 Å². The van der Waals surface area contributed by atoms with Crippen LogP contribution in [0.4, 0.5) is 18.9 Å². The SMILES string of the molecule is Cc1cc(-c2nc3cc(C(F)(F)F)ccc3[nH]2)c(C)c(C)c1N=S. The maximum absolute atomic E-state index is 12.8. The predicted molar refractivity (Wildman–Crippen MR) is 90.2 cm³/mol. The molecule has 3 aromatic rings. The molecule has 2 aromatic carbocycles. The zero-order chi connectivity index (χ0) is 17.6. The molecule has 0 saturated carbocycles. The van der Waals surface area contributed by atoms with Crippen molar-refractivity contribution in [3.05, 3.63) is 46.5 Å². The van der Waals surface area contributed by atoms with Crippen LogP contribution in [0.2, 0.25) is 0 Å². The second-order valence-electron chi connectivity index (χ2n) is 5.75. The Morgan fingerprint density at radius 2 is 1.79 bits per heavy atom. The Hall–Kier alpha value is -2.28. The molecule has 1 aromatic heterocycles. The van der Waals surface area contributed by atoms with E-state index in [1.807, 2.05) is 26.8 Å². The fourth-order valence-electron chi connectivity index (χ4n) is 2.76. The van der Waals surface area contributed by atoms with Crippen molar-refractivity contribution in [2.75, 3.05) is 0 Å². The average molecular weight is 349 g/mol. The molecule has 7 heteroatoms. The van der Waals surface area contributed by atoms with Gasteiger partial charge in [-0.1, -0.05) is 0 Å². The summed E-state index contributed by atoms with van der Waals surface area (Å²) >= 11 is 4.81. The second-order valence-corrected chi connectivity index (χ2v) is 5.93. The smallest absolute Gasteiger partial charge is 0.338 e. The molecule has 3 rings (SSSR count). The van der Waals surface area contributed by atoms with Gasteiger partial charge in [0.1, 0.15) is 5.82 Å². The highest BCUT2D eigenvalue weighted by atomic mass is 32.1. The lowest BCUT2D eigenvalue weighted by atomic mass is 9.97. The van der Waals surface area contributed by atoms with Gasteiger partial charge < -0.3 is 4.98 Å². The van der Waals surface area contributed by atoms with Crippen molar-refractivity contribution in [1.29, 1.82) is 0 Å². The average Bonchev–Trinajstić information content (AvgIpc) is 2.93. The van der Waals surface area contributed by atoms with Gasteiger partial charge in [-0.05, 0) is 61.7 Å². The number of rotatable bonds is 2. The predicted octanol–water partition coefficient (Wildman–Crippen LogP) is 5.54. The fraction of sp³-hybridized carbons (Fsp3) is 0.235. The summed E-state index contributed by atoms with van der Waals surface area (Å²) < 4.78 is 42.4. The molecule has 0 spiro atoms. The zero-order valence-electron chi connectivity index (χ0n) is 13.2. The molecule has 0 fully saturated rings. The van der Waals surface area contributed by atoms with E-state index in [4.69, 9.17) is 12.4 Å². The second kappa shape index (κ2) is 5.66. The van der Waals surface area contributed by atoms with Crippen molar-refractivity contribution in [3.63, 3.8) is 0 Å². The Kier molecular flexibility index (Phi) is 3.91. The summed E-state index contributed by atoms with van der Waals surface area (Å²) in [6.45, 7) is 5.73. The number of aromatic nitrogens is 2. The summed E-state index contributed by atoms with van der Waals surface area (Å²) in [6.07, 6.45) is -4.39. The number of nitrogens with zero attached hydrogens (tertiary/aromatic N) is 2. The number of aromatic amines is 1. The first kappa shape index (κ1) is 16.6. The maximum atomic E-state index is 12.8. The molecule has 0 amide bonds. The molecule has 124 valence electrons. The van der Waals surface area contributed by atoms with E-state index in [0.29, 0.717) is 11.3 Å². The van der Waals surface area contributed by atoms with Crippen molar-refractivity contribution >= 4 is 29.1 Å². The van der Waals surface area contributed by atoms with Gasteiger partial charge in [0, 0.05) is 18.0 Å². The molecule has 0 atom stereocenters. The van der Waals surface area contributed by atoms with Gasteiger partial charge in [0.2, 0.25) is 0 Å². The van der Waals surface area contributed by atoms with Crippen LogP contribution in [0.15, 0.2) is 28.6 Å². The number of imidazole rings is 1. The highest BCUT2D eigenvalue weighted by Gasteiger charge is 2.30. The molecule has 0 radical (unpaired) electrons. The Bertz CT molecular complexity index is 958. The largest absolute Gasteiger partial charge is 0.416 e. The van der Waals surface area contributed by atoms with E-state index < -0.39 is 11.7 Å². The molecular formula is C17H14F3N3S. The summed E-state index contributed by atoms with van der Waals surface area (Å²) in [6, 6.07) is 5.40. The van der Waals surface area contributed by atoms with Crippen LogP contribution >= 0.6 is 0 Å². The highest BCUT2D eigenvalue weighted by molar-refractivity contribution is 7.47. The first-order valence-electron chi connectivity index (χ1n) is 7.24. The molecule has 1 heterocycles. The standard InChI is InChI=1S/C17H14F3N3S/c1-8-6-12(9(2)10(3)15(8)23-24)16-21-13-5-4-11(17(18,19)20)7-14(13)22-16/h4-7H,1-3H3,(H,21,22). The van der Waals surface area contributed by atoms with Crippen LogP contribution in [0.25, 0.3) is 22.4 Å². The molecule has 1 N–H and O–H groups in total. The maximum Gasteiger partial charge on any atom is 0.416 e. The summed E-state index contributed by atoms with van der Waals surface area (Å²) in [5.41, 5.74) is 4.50. The van der Waals surface area contributed by atoms with Crippen molar-refractivity contribution in [2.24, 2.45) is 4.36 Å². The molecule has 24 heavy (non-hydrogen) atoms. The van der Waals surface area contributed by atoms with Crippen LogP contribution in [0.3, 0.4) is 0 Å². The van der Waals surface area contributed by atoms with Crippen LogP contribution in [0, 0.1) is 20.8 Å².